The van der Waals surface area contributed by atoms with E-state index in [9.17, 15) is 8.42 Å². The van der Waals surface area contributed by atoms with E-state index in [0.717, 1.165) is 22.5 Å². The van der Waals surface area contributed by atoms with Gasteiger partial charge in [-0.3, -0.25) is 0 Å². The second kappa shape index (κ2) is 7.47. The Balaban J connectivity index is 1.66. The second-order valence-corrected chi connectivity index (χ2v) is 8.73. The van der Waals surface area contributed by atoms with Gasteiger partial charge in [-0.25, -0.2) is 33.0 Å². The fraction of sp³-hybridized carbons (Fsp3) is 0.200. The van der Waals surface area contributed by atoms with Gasteiger partial charge in [0.1, 0.15) is 0 Å². The molecular weight excluding hydrogens is 402 g/mol. The Morgan fingerprint density at radius 2 is 1.93 bits per heavy atom. The van der Waals surface area contributed by atoms with Crippen LogP contribution >= 0.6 is 0 Å². The molecule has 0 fully saturated rings. The molecule has 4 aromatic heterocycles. The Morgan fingerprint density at radius 1 is 1.13 bits per heavy atom. The molecule has 4 aromatic rings. The fourth-order valence-corrected chi connectivity index (χ4v) is 3.84. The van der Waals surface area contributed by atoms with E-state index in [0.29, 0.717) is 17.6 Å². The van der Waals surface area contributed by atoms with Gasteiger partial charge in [-0.05, 0) is 43.2 Å². The highest BCUT2D eigenvalue weighted by molar-refractivity contribution is 7.89. The molecule has 0 saturated heterocycles. The van der Waals surface area contributed by atoms with Crippen LogP contribution in [0.4, 0.5) is 11.6 Å². The van der Waals surface area contributed by atoms with Crippen LogP contribution in [0.3, 0.4) is 0 Å². The van der Waals surface area contributed by atoms with E-state index in [4.69, 9.17) is 5.14 Å². The molecule has 0 aromatic carbocycles. The first-order chi connectivity index (χ1) is 14.2. The zero-order chi connectivity index (χ0) is 21.5. The number of anilines is 2. The maximum Gasteiger partial charge on any atom is 0.255 e. The van der Waals surface area contributed by atoms with Crippen LogP contribution in [0.25, 0.3) is 16.8 Å². The van der Waals surface area contributed by atoms with Crippen LogP contribution in [0.1, 0.15) is 31.0 Å². The minimum absolute atomic E-state index is 0.201. The lowest BCUT2D eigenvalue weighted by Gasteiger charge is -2.08. The lowest BCUT2D eigenvalue weighted by Crippen LogP contribution is -2.13. The molecule has 9 nitrogen and oxygen atoms in total. The van der Waals surface area contributed by atoms with E-state index >= 15 is 0 Å². The van der Waals surface area contributed by atoms with E-state index in [1.54, 1.807) is 12.3 Å². The Labute approximate surface area is 174 Å². The van der Waals surface area contributed by atoms with E-state index in [1.165, 1.54) is 17.8 Å². The summed E-state index contributed by atoms with van der Waals surface area (Å²) in [6, 6.07) is 8.74. The van der Waals surface area contributed by atoms with Crippen molar-refractivity contribution in [1.29, 1.82) is 0 Å². The number of fused-ring (bicyclic) bond motifs is 1. The molecular formula is C20H21N7O2S. The first-order valence-corrected chi connectivity index (χ1v) is 10.8. The number of rotatable bonds is 5. The molecule has 0 bridgehead atoms. The van der Waals surface area contributed by atoms with Crippen LogP contribution in [-0.2, 0) is 10.0 Å². The molecule has 0 amide bonds. The SMILES string of the molecule is Cc1nn2ccc(-c3ccnc(Nc4ccc(S(N)(=O)=O)nc4)n3)cc2c1C(C)C. The quantitative estimate of drug-likeness (QED) is 0.505. The third-order valence-corrected chi connectivity index (χ3v) is 5.50. The van der Waals surface area contributed by atoms with Crippen molar-refractivity contribution in [3.05, 3.63) is 60.2 Å². The molecule has 154 valence electrons. The monoisotopic (exact) mass is 423 g/mol. The molecule has 0 spiro atoms. The van der Waals surface area contributed by atoms with Crippen LogP contribution < -0.4 is 10.5 Å². The Morgan fingerprint density at radius 3 is 2.60 bits per heavy atom. The number of aromatic nitrogens is 5. The minimum atomic E-state index is -3.84. The van der Waals surface area contributed by atoms with Crippen molar-refractivity contribution in [2.75, 3.05) is 5.32 Å². The number of pyridine rings is 2. The number of nitrogens with zero attached hydrogens (tertiary/aromatic N) is 5. The van der Waals surface area contributed by atoms with E-state index in [-0.39, 0.29) is 5.03 Å². The number of hydrogen-bond donors (Lipinski definition) is 2. The van der Waals surface area contributed by atoms with Crippen molar-refractivity contribution in [3.63, 3.8) is 0 Å². The van der Waals surface area contributed by atoms with Gasteiger partial charge in [0.2, 0.25) is 5.95 Å². The van der Waals surface area contributed by atoms with Gasteiger partial charge < -0.3 is 5.32 Å². The topological polar surface area (TPSA) is 128 Å². The van der Waals surface area contributed by atoms with Gasteiger partial charge in [0, 0.05) is 23.5 Å². The summed E-state index contributed by atoms with van der Waals surface area (Å²) in [6.07, 6.45) is 4.95. The number of hydrogen-bond acceptors (Lipinski definition) is 7. The smallest absolute Gasteiger partial charge is 0.255 e. The predicted molar refractivity (Wildman–Crippen MR) is 114 cm³/mol. The maximum absolute atomic E-state index is 11.3. The van der Waals surface area contributed by atoms with Crippen molar-refractivity contribution < 1.29 is 8.42 Å². The molecule has 0 radical (unpaired) electrons. The van der Waals surface area contributed by atoms with Crippen LogP contribution in [0.15, 0.2) is 53.9 Å². The van der Waals surface area contributed by atoms with Crippen molar-refractivity contribution in [1.82, 2.24) is 24.6 Å². The van der Waals surface area contributed by atoms with Crippen molar-refractivity contribution in [3.8, 4) is 11.3 Å². The number of nitrogens with one attached hydrogen (secondary N) is 1. The van der Waals surface area contributed by atoms with Gasteiger partial charge in [0.25, 0.3) is 10.0 Å². The molecule has 0 aliphatic carbocycles. The molecule has 0 saturated carbocycles. The molecule has 3 N–H and O–H groups in total. The fourth-order valence-electron chi connectivity index (χ4n) is 3.39. The van der Waals surface area contributed by atoms with Gasteiger partial charge in [-0.15, -0.1) is 0 Å². The number of sulfonamides is 1. The van der Waals surface area contributed by atoms with Crippen molar-refractivity contribution in [2.45, 2.75) is 31.7 Å². The van der Waals surface area contributed by atoms with Gasteiger partial charge in [-0.2, -0.15) is 5.10 Å². The molecule has 0 aliphatic rings. The standard InChI is InChI=1S/C20H21N7O2S/c1-12(2)19-13(3)26-27-9-7-14(10-17(19)27)16-6-8-22-20(25-16)24-15-4-5-18(23-11-15)30(21,28)29/h4-12H,1-3H3,(H2,21,28,29)(H,22,24,25). The lowest BCUT2D eigenvalue weighted by atomic mass is 10.0. The van der Waals surface area contributed by atoms with Gasteiger partial charge in [-0.1, -0.05) is 13.8 Å². The van der Waals surface area contributed by atoms with E-state index in [1.807, 2.05) is 29.8 Å². The lowest BCUT2D eigenvalue weighted by molar-refractivity contribution is 0.594. The number of nitrogens with two attached hydrogens (primary N) is 1. The van der Waals surface area contributed by atoms with Gasteiger partial charge in [0.15, 0.2) is 5.03 Å². The maximum atomic E-state index is 11.3. The molecule has 0 aliphatic heterocycles. The Hall–Kier alpha value is -3.37. The minimum Gasteiger partial charge on any atom is -0.323 e. The molecule has 4 heterocycles. The summed E-state index contributed by atoms with van der Waals surface area (Å²) in [5.74, 6) is 0.722. The summed E-state index contributed by atoms with van der Waals surface area (Å²) < 4.78 is 24.5. The highest BCUT2D eigenvalue weighted by Crippen LogP contribution is 2.28. The number of primary sulfonamides is 1. The largest absolute Gasteiger partial charge is 0.323 e. The van der Waals surface area contributed by atoms with E-state index < -0.39 is 10.0 Å². The first-order valence-electron chi connectivity index (χ1n) is 9.30. The average molecular weight is 424 g/mol. The third-order valence-electron chi connectivity index (χ3n) is 4.67. The molecule has 4 rings (SSSR count). The second-order valence-electron chi connectivity index (χ2n) is 7.22. The number of aryl methyl sites for hydroxylation is 1. The Kier molecular flexibility index (Phi) is 4.96. The van der Waals surface area contributed by atoms with Gasteiger partial charge in [0.05, 0.1) is 28.8 Å². The summed E-state index contributed by atoms with van der Waals surface area (Å²) in [5, 5.41) is 12.5. The highest BCUT2D eigenvalue weighted by Gasteiger charge is 2.14. The molecule has 10 heteroatoms. The zero-order valence-electron chi connectivity index (χ0n) is 16.7. The average Bonchev–Trinajstić information content (AvgIpc) is 3.03. The van der Waals surface area contributed by atoms with Crippen molar-refractivity contribution >= 4 is 27.2 Å². The van der Waals surface area contributed by atoms with Crippen LogP contribution in [0.2, 0.25) is 0 Å². The third kappa shape index (κ3) is 3.87. The van der Waals surface area contributed by atoms with E-state index in [2.05, 4.69) is 45.3 Å². The zero-order valence-corrected chi connectivity index (χ0v) is 17.6. The van der Waals surface area contributed by atoms with Crippen LogP contribution in [0, 0.1) is 6.92 Å². The summed E-state index contributed by atoms with van der Waals surface area (Å²) >= 11 is 0. The van der Waals surface area contributed by atoms with Crippen molar-refractivity contribution in [2.24, 2.45) is 5.14 Å². The Bertz CT molecular complexity index is 1330. The summed E-state index contributed by atoms with van der Waals surface area (Å²) in [5.41, 5.74) is 5.52. The molecule has 0 atom stereocenters. The predicted octanol–water partition coefficient (Wildman–Crippen LogP) is 3.01. The highest BCUT2D eigenvalue weighted by atomic mass is 32.2. The summed E-state index contributed by atoms with van der Waals surface area (Å²) in [4.78, 5) is 12.7. The molecule has 30 heavy (non-hydrogen) atoms. The summed E-state index contributed by atoms with van der Waals surface area (Å²) in [6.45, 7) is 6.32. The first kappa shape index (κ1) is 19.9. The summed E-state index contributed by atoms with van der Waals surface area (Å²) in [7, 11) is -3.84. The van der Waals surface area contributed by atoms with Crippen LogP contribution in [0.5, 0.6) is 0 Å². The van der Waals surface area contributed by atoms with Crippen LogP contribution in [-0.4, -0.2) is 33.0 Å². The molecule has 0 unspecified atom stereocenters. The van der Waals surface area contributed by atoms with Gasteiger partial charge >= 0.3 is 0 Å². The normalized spacial score (nSPS) is 11.9.